The van der Waals surface area contributed by atoms with E-state index in [0.717, 1.165) is 10.2 Å². The third-order valence-electron chi connectivity index (χ3n) is 5.48. The van der Waals surface area contributed by atoms with E-state index >= 15 is 0 Å². The molecule has 6 nitrogen and oxygen atoms in total. The van der Waals surface area contributed by atoms with Crippen LogP contribution in [0.1, 0.15) is 27.3 Å². The van der Waals surface area contributed by atoms with Crippen molar-refractivity contribution in [3.8, 4) is 22.6 Å². The van der Waals surface area contributed by atoms with E-state index in [1.807, 2.05) is 26.0 Å². The summed E-state index contributed by atoms with van der Waals surface area (Å²) >= 11 is 3.28. The van der Waals surface area contributed by atoms with Gasteiger partial charge in [0.05, 0.1) is 0 Å². The molecule has 3 heterocycles. The number of aryl methyl sites for hydroxylation is 2. The number of halogens is 4. The number of benzene rings is 2. The van der Waals surface area contributed by atoms with E-state index in [0.29, 0.717) is 16.8 Å². The number of hydrogen-bond acceptors (Lipinski definition) is 5. The van der Waals surface area contributed by atoms with Crippen molar-refractivity contribution in [1.29, 1.82) is 0 Å². The van der Waals surface area contributed by atoms with Crippen molar-refractivity contribution < 1.29 is 22.7 Å². The van der Waals surface area contributed by atoms with Crippen LogP contribution in [0, 0.1) is 13.8 Å². The molecule has 0 amide bonds. The predicted octanol–water partition coefficient (Wildman–Crippen LogP) is 7.52. The molecule has 0 bridgehead atoms. The van der Waals surface area contributed by atoms with Crippen molar-refractivity contribution in [2.45, 2.75) is 20.2 Å². The molecule has 3 aromatic heterocycles. The normalized spacial score (nSPS) is 10.9. The molecule has 5 aromatic rings. The van der Waals surface area contributed by atoms with Crippen LogP contribution in [0.3, 0.4) is 0 Å². The topological polar surface area (TPSA) is 69.9 Å². The van der Waals surface area contributed by atoms with Crippen LogP contribution in [-0.4, -0.2) is 31.7 Å². The number of pyridine rings is 2. The van der Waals surface area contributed by atoms with Crippen LogP contribution in [0.2, 0.25) is 0 Å². The van der Waals surface area contributed by atoms with E-state index in [-0.39, 0.29) is 22.9 Å². The zero-order chi connectivity index (χ0) is 28.0. The van der Waals surface area contributed by atoms with Gasteiger partial charge in [-0.3, -0.25) is 9.78 Å². The summed E-state index contributed by atoms with van der Waals surface area (Å²) in [5, 5.41) is 0. The Morgan fingerprint density at radius 3 is 2.36 bits per heavy atom. The first-order valence-corrected chi connectivity index (χ1v) is 12.4. The number of aromatic nitrogens is 4. The lowest BCUT2D eigenvalue weighted by Gasteiger charge is -2.14. The zero-order valence-corrected chi connectivity index (χ0v) is 22.4. The van der Waals surface area contributed by atoms with Crippen molar-refractivity contribution in [3.63, 3.8) is 0 Å². The number of nitrogens with zero attached hydrogens (tertiary/aromatic N) is 4. The number of alkyl halides is 3. The Hall–Kier alpha value is -4.31. The highest BCUT2D eigenvalue weighted by molar-refractivity contribution is 9.10. The van der Waals surface area contributed by atoms with Gasteiger partial charge in [-0.25, -0.2) is 9.97 Å². The fraction of sp³-hybridized carbons (Fsp3) is 0.103. The molecule has 0 atom stereocenters. The Kier molecular flexibility index (Phi) is 8.55. The van der Waals surface area contributed by atoms with Gasteiger partial charge in [-0.1, -0.05) is 36.4 Å². The first kappa shape index (κ1) is 27.7. The Morgan fingerprint density at radius 1 is 0.872 bits per heavy atom. The molecular formula is C29H22BrF3N4O2. The van der Waals surface area contributed by atoms with Gasteiger partial charge in [0.1, 0.15) is 28.1 Å². The van der Waals surface area contributed by atoms with Gasteiger partial charge in [0.2, 0.25) is 5.78 Å². The molecule has 10 heteroatoms. The minimum absolute atomic E-state index is 0.212. The second kappa shape index (κ2) is 12.0. The van der Waals surface area contributed by atoms with E-state index in [2.05, 4.69) is 35.6 Å². The highest BCUT2D eigenvalue weighted by Crippen LogP contribution is 2.34. The number of imidazole rings is 1. The first-order valence-electron chi connectivity index (χ1n) is 11.6. The van der Waals surface area contributed by atoms with Gasteiger partial charge in [0.25, 0.3) is 0 Å². The van der Waals surface area contributed by atoms with Crippen LogP contribution < -0.4 is 4.74 Å². The number of hydrogen-bond donors (Lipinski definition) is 0. The minimum atomic E-state index is -4.79. The van der Waals surface area contributed by atoms with Crippen molar-refractivity contribution in [1.82, 2.24) is 19.5 Å². The molecule has 0 saturated carbocycles. The molecule has 0 spiro atoms. The van der Waals surface area contributed by atoms with Gasteiger partial charge in [0.15, 0.2) is 0 Å². The highest BCUT2D eigenvalue weighted by atomic mass is 79.9. The lowest BCUT2D eigenvalue weighted by atomic mass is 10.0. The molecule has 0 saturated heterocycles. The summed E-state index contributed by atoms with van der Waals surface area (Å²) in [6, 6.07) is 20.2. The lowest BCUT2D eigenvalue weighted by Crippen LogP contribution is -2.17. The summed E-state index contributed by atoms with van der Waals surface area (Å²) < 4.78 is 45.0. The second-order valence-corrected chi connectivity index (χ2v) is 9.17. The summed E-state index contributed by atoms with van der Waals surface area (Å²) in [5.74, 6) is -0.610. The standard InChI is InChI=1S/C23H16F3N3O2.C6H6BrN/c1-15-9-10-27-19(11-15)22(30)20-13-29(14-28-20)17-6-4-5-16(12-17)18-7-2-3-8-21(18)31-23(24,25)26;1-5-3-2-4-8-6(5)7/h2-14H,1H3;2-4H,1H3. The molecule has 5 rings (SSSR count). The van der Waals surface area contributed by atoms with Crippen molar-refractivity contribution in [3.05, 3.63) is 125 Å². The quantitative estimate of drug-likeness (QED) is 0.155. The van der Waals surface area contributed by atoms with Gasteiger partial charge >= 0.3 is 6.36 Å². The fourth-order valence-corrected chi connectivity index (χ4v) is 3.84. The molecule has 0 aliphatic carbocycles. The zero-order valence-electron chi connectivity index (χ0n) is 20.9. The van der Waals surface area contributed by atoms with E-state index in [4.69, 9.17) is 0 Å². The van der Waals surface area contributed by atoms with Crippen molar-refractivity contribution in [2.75, 3.05) is 0 Å². The van der Waals surface area contributed by atoms with Crippen molar-refractivity contribution in [2.24, 2.45) is 0 Å². The highest BCUT2D eigenvalue weighted by Gasteiger charge is 2.32. The van der Waals surface area contributed by atoms with E-state index in [1.54, 1.807) is 71.7 Å². The van der Waals surface area contributed by atoms with Gasteiger partial charge in [-0.15, -0.1) is 13.2 Å². The van der Waals surface area contributed by atoms with E-state index < -0.39 is 6.36 Å². The second-order valence-electron chi connectivity index (χ2n) is 8.42. The average Bonchev–Trinajstić information content (AvgIpc) is 3.40. The third kappa shape index (κ3) is 7.38. The smallest absolute Gasteiger partial charge is 0.405 e. The summed E-state index contributed by atoms with van der Waals surface area (Å²) in [5.41, 5.74) is 4.03. The molecule has 0 unspecified atom stereocenters. The summed E-state index contributed by atoms with van der Waals surface area (Å²) in [6.07, 6.45) is 1.56. The maximum absolute atomic E-state index is 12.8. The summed E-state index contributed by atoms with van der Waals surface area (Å²) in [7, 11) is 0. The van der Waals surface area contributed by atoms with Crippen LogP contribution in [0.25, 0.3) is 16.8 Å². The molecule has 0 aliphatic rings. The van der Waals surface area contributed by atoms with Crippen LogP contribution in [0.5, 0.6) is 5.75 Å². The molecule has 2 aromatic carbocycles. The number of ketones is 1. The van der Waals surface area contributed by atoms with E-state index in [9.17, 15) is 18.0 Å². The maximum atomic E-state index is 12.8. The lowest BCUT2D eigenvalue weighted by molar-refractivity contribution is -0.274. The van der Waals surface area contributed by atoms with Gasteiger partial charge in [-0.2, -0.15) is 0 Å². The molecule has 0 fully saturated rings. The Morgan fingerprint density at radius 2 is 1.67 bits per heavy atom. The predicted molar refractivity (Wildman–Crippen MR) is 145 cm³/mol. The Labute approximate surface area is 231 Å². The SMILES string of the molecule is Cc1cccnc1Br.Cc1ccnc(C(=O)c2cn(-c3cccc(-c4ccccc4OC(F)(F)F)c3)cn2)c1. The third-order valence-corrected chi connectivity index (χ3v) is 6.31. The first-order chi connectivity index (χ1) is 18.6. The Bertz CT molecular complexity index is 1580. The largest absolute Gasteiger partial charge is 0.573 e. The van der Waals surface area contributed by atoms with Gasteiger partial charge in [0, 0.05) is 29.8 Å². The van der Waals surface area contributed by atoms with Gasteiger partial charge < -0.3 is 9.30 Å². The minimum Gasteiger partial charge on any atom is -0.405 e. The fourth-order valence-electron chi connectivity index (χ4n) is 3.59. The van der Waals surface area contributed by atoms with Crippen LogP contribution in [0.15, 0.2) is 102 Å². The molecule has 0 aliphatic heterocycles. The average molecular weight is 595 g/mol. The maximum Gasteiger partial charge on any atom is 0.573 e. The number of carbonyl (C=O) groups excluding carboxylic acids is 1. The monoisotopic (exact) mass is 594 g/mol. The molecule has 39 heavy (non-hydrogen) atoms. The van der Waals surface area contributed by atoms with Crippen molar-refractivity contribution >= 4 is 21.7 Å². The molecule has 0 N–H and O–H groups in total. The number of para-hydroxylation sites is 1. The Balaban J connectivity index is 0.000000379. The number of rotatable bonds is 5. The van der Waals surface area contributed by atoms with E-state index in [1.165, 1.54) is 24.0 Å². The molecular weight excluding hydrogens is 573 g/mol. The van der Waals surface area contributed by atoms with Gasteiger partial charge in [-0.05, 0) is 82.9 Å². The summed E-state index contributed by atoms with van der Waals surface area (Å²) in [4.78, 5) is 24.9. The van der Waals surface area contributed by atoms with Crippen LogP contribution >= 0.6 is 15.9 Å². The van der Waals surface area contributed by atoms with Crippen LogP contribution in [-0.2, 0) is 0 Å². The summed E-state index contributed by atoms with van der Waals surface area (Å²) in [6.45, 7) is 3.87. The van der Waals surface area contributed by atoms with Crippen LogP contribution in [0.4, 0.5) is 13.2 Å². The number of ether oxygens (including phenoxy) is 1. The number of carbonyl (C=O) groups is 1. The molecule has 198 valence electrons. The molecule has 0 radical (unpaired) electrons.